The minimum Gasteiger partial charge on any atom is -0.406 e. The van der Waals surface area contributed by atoms with Gasteiger partial charge in [0.05, 0.1) is 0 Å². The molecule has 1 aromatic carbocycles. The van der Waals surface area contributed by atoms with Crippen LogP contribution in [0.25, 0.3) is 0 Å². The van der Waals surface area contributed by atoms with E-state index in [1.165, 1.54) is 12.1 Å². The maximum atomic E-state index is 12.0. The number of halogens is 3. The zero-order valence-electron chi connectivity index (χ0n) is 10.4. The minimum absolute atomic E-state index is 0.207. The van der Waals surface area contributed by atoms with Crippen molar-refractivity contribution in [2.45, 2.75) is 44.1 Å². The predicted molar refractivity (Wildman–Crippen MR) is 67.0 cm³/mol. The molecule has 0 heterocycles. The average Bonchev–Trinajstić information content (AvgIpc) is 2.30. The number of benzene rings is 1. The number of ether oxygens (including phenoxy) is 1. The van der Waals surface area contributed by atoms with Crippen LogP contribution in [0.2, 0.25) is 0 Å². The van der Waals surface area contributed by atoms with Gasteiger partial charge >= 0.3 is 6.36 Å². The molecule has 2 atom stereocenters. The molecule has 0 aliphatic heterocycles. The fourth-order valence-corrected chi connectivity index (χ4v) is 2.35. The van der Waals surface area contributed by atoms with Crippen molar-refractivity contribution < 1.29 is 17.9 Å². The first kappa shape index (κ1) is 14.0. The van der Waals surface area contributed by atoms with E-state index in [4.69, 9.17) is 5.73 Å². The maximum absolute atomic E-state index is 12.0. The van der Waals surface area contributed by atoms with Crippen LogP contribution in [0.4, 0.5) is 18.9 Å². The summed E-state index contributed by atoms with van der Waals surface area (Å²) in [5, 5.41) is 3.28. The van der Waals surface area contributed by atoms with E-state index < -0.39 is 6.36 Å². The first-order chi connectivity index (χ1) is 8.92. The van der Waals surface area contributed by atoms with E-state index in [2.05, 4.69) is 10.1 Å². The van der Waals surface area contributed by atoms with Gasteiger partial charge in [-0.1, -0.05) is 0 Å². The zero-order valence-corrected chi connectivity index (χ0v) is 10.4. The Labute approximate surface area is 109 Å². The van der Waals surface area contributed by atoms with Crippen molar-refractivity contribution in [3.05, 3.63) is 24.3 Å². The summed E-state index contributed by atoms with van der Waals surface area (Å²) in [5.41, 5.74) is 6.67. The smallest absolute Gasteiger partial charge is 0.406 e. The SMILES string of the molecule is NC1CCCC(Nc2ccc(OC(F)(F)F)cc2)C1. The number of nitrogens with one attached hydrogen (secondary N) is 1. The van der Waals surface area contributed by atoms with Crippen molar-refractivity contribution in [2.75, 3.05) is 5.32 Å². The van der Waals surface area contributed by atoms with Gasteiger partial charge in [-0.3, -0.25) is 0 Å². The van der Waals surface area contributed by atoms with E-state index in [1.54, 1.807) is 12.1 Å². The van der Waals surface area contributed by atoms with Gasteiger partial charge in [-0.25, -0.2) is 0 Å². The van der Waals surface area contributed by atoms with E-state index in [9.17, 15) is 13.2 Å². The molecule has 3 nitrogen and oxygen atoms in total. The van der Waals surface area contributed by atoms with Crippen LogP contribution in [0, 0.1) is 0 Å². The molecule has 3 N–H and O–H groups in total. The molecular formula is C13H17F3N2O. The molecule has 6 heteroatoms. The average molecular weight is 274 g/mol. The molecule has 2 rings (SSSR count). The van der Waals surface area contributed by atoms with Gasteiger partial charge in [0.2, 0.25) is 0 Å². The Hall–Kier alpha value is -1.43. The second-order valence-electron chi connectivity index (χ2n) is 4.84. The molecule has 0 aromatic heterocycles. The first-order valence-electron chi connectivity index (χ1n) is 6.30. The van der Waals surface area contributed by atoms with Gasteiger partial charge in [-0.15, -0.1) is 13.2 Å². The fraction of sp³-hybridized carbons (Fsp3) is 0.538. The standard InChI is InChI=1S/C13H17F3N2O/c14-13(15,16)19-12-6-4-10(5-7-12)18-11-3-1-2-9(17)8-11/h4-7,9,11,18H,1-3,8,17H2. The second kappa shape index (κ2) is 5.69. The predicted octanol–water partition coefficient (Wildman–Crippen LogP) is 3.27. The van der Waals surface area contributed by atoms with E-state index >= 15 is 0 Å². The quantitative estimate of drug-likeness (QED) is 0.889. The summed E-state index contributed by atoms with van der Waals surface area (Å²) in [7, 11) is 0. The zero-order chi connectivity index (χ0) is 13.9. The molecule has 0 spiro atoms. The van der Waals surface area contributed by atoms with Crippen LogP contribution in [0.1, 0.15) is 25.7 Å². The van der Waals surface area contributed by atoms with Gasteiger partial charge in [0.15, 0.2) is 0 Å². The van der Waals surface area contributed by atoms with E-state index in [0.717, 1.165) is 31.4 Å². The van der Waals surface area contributed by atoms with Gasteiger partial charge < -0.3 is 15.8 Å². The highest BCUT2D eigenvalue weighted by molar-refractivity contribution is 5.47. The molecule has 19 heavy (non-hydrogen) atoms. The van der Waals surface area contributed by atoms with Crippen molar-refractivity contribution in [3.63, 3.8) is 0 Å². The summed E-state index contributed by atoms with van der Waals surface area (Å²) in [6.45, 7) is 0. The lowest BCUT2D eigenvalue weighted by molar-refractivity contribution is -0.274. The molecule has 106 valence electrons. The van der Waals surface area contributed by atoms with Crippen molar-refractivity contribution >= 4 is 5.69 Å². The molecule has 0 bridgehead atoms. The number of anilines is 1. The molecule has 0 amide bonds. The molecule has 0 saturated heterocycles. The lowest BCUT2D eigenvalue weighted by atomic mass is 9.91. The Morgan fingerprint density at radius 1 is 1.16 bits per heavy atom. The lowest BCUT2D eigenvalue weighted by Gasteiger charge is -2.28. The molecule has 1 fully saturated rings. The summed E-state index contributed by atoms with van der Waals surface area (Å²) in [6, 6.07) is 6.27. The topological polar surface area (TPSA) is 47.3 Å². The number of hydrogen-bond acceptors (Lipinski definition) is 3. The van der Waals surface area contributed by atoms with Crippen LogP contribution in [0.15, 0.2) is 24.3 Å². The third-order valence-corrected chi connectivity index (χ3v) is 3.17. The summed E-state index contributed by atoms with van der Waals surface area (Å²) in [4.78, 5) is 0. The molecule has 1 aliphatic carbocycles. The molecule has 1 saturated carbocycles. The van der Waals surface area contributed by atoms with Gasteiger partial charge in [-0.05, 0) is 49.9 Å². The van der Waals surface area contributed by atoms with Gasteiger partial charge in [0.25, 0.3) is 0 Å². The van der Waals surface area contributed by atoms with Crippen LogP contribution in [0.3, 0.4) is 0 Å². The Kier molecular flexibility index (Phi) is 4.19. The Morgan fingerprint density at radius 2 is 1.84 bits per heavy atom. The molecular weight excluding hydrogens is 257 g/mol. The summed E-state index contributed by atoms with van der Waals surface area (Å²) in [5.74, 6) is -0.210. The third kappa shape index (κ3) is 4.63. The van der Waals surface area contributed by atoms with Crippen LogP contribution in [-0.4, -0.2) is 18.4 Å². The molecule has 0 radical (unpaired) electrons. The monoisotopic (exact) mass is 274 g/mol. The van der Waals surface area contributed by atoms with Gasteiger partial charge in [0, 0.05) is 17.8 Å². The number of rotatable bonds is 3. The summed E-state index contributed by atoms with van der Waals surface area (Å²) < 4.78 is 39.8. The van der Waals surface area contributed by atoms with Crippen LogP contribution >= 0.6 is 0 Å². The van der Waals surface area contributed by atoms with Gasteiger partial charge in [0.1, 0.15) is 5.75 Å². The number of alkyl halides is 3. The highest BCUT2D eigenvalue weighted by Crippen LogP contribution is 2.26. The fourth-order valence-electron chi connectivity index (χ4n) is 2.35. The third-order valence-electron chi connectivity index (χ3n) is 3.17. The van der Waals surface area contributed by atoms with Crippen molar-refractivity contribution in [1.29, 1.82) is 0 Å². The highest BCUT2D eigenvalue weighted by atomic mass is 19.4. The molecule has 1 aromatic rings. The van der Waals surface area contributed by atoms with Crippen LogP contribution in [0.5, 0.6) is 5.75 Å². The van der Waals surface area contributed by atoms with Crippen molar-refractivity contribution in [3.8, 4) is 5.75 Å². The minimum atomic E-state index is -4.65. The largest absolute Gasteiger partial charge is 0.573 e. The van der Waals surface area contributed by atoms with Crippen molar-refractivity contribution in [1.82, 2.24) is 0 Å². The van der Waals surface area contributed by atoms with Crippen LogP contribution < -0.4 is 15.8 Å². The Bertz CT molecular complexity index is 405. The van der Waals surface area contributed by atoms with Crippen molar-refractivity contribution in [2.24, 2.45) is 5.73 Å². The van der Waals surface area contributed by atoms with Crippen LogP contribution in [-0.2, 0) is 0 Å². The maximum Gasteiger partial charge on any atom is 0.573 e. The Balaban J connectivity index is 1.91. The number of hydrogen-bond donors (Lipinski definition) is 2. The lowest BCUT2D eigenvalue weighted by Crippen LogP contribution is -2.34. The molecule has 1 aliphatic rings. The van der Waals surface area contributed by atoms with Gasteiger partial charge in [-0.2, -0.15) is 0 Å². The normalized spacial score (nSPS) is 24.0. The number of nitrogens with two attached hydrogens (primary N) is 1. The molecule has 2 unspecified atom stereocenters. The van der Waals surface area contributed by atoms with E-state index in [1.807, 2.05) is 0 Å². The summed E-state index contributed by atoms with van der Waals surface area (Å²) in [6.07, 6.45) is -0.606. The Morgan fingerprint density at radius 3 is 2.42 bits per heavy atom. The first-order valence-corrected chi connectivity index (χ1v) is 6.30. The summed E-state index contributed by atoms with van der Waals surface area (Å²) >= 11 is 0. The highest BCUT2D eigenvalue weighted by Gasteiger charge is 2.31. The van der Waals surface area contributed by atoms with E-state index in [0.29, 0.717) is 0 Å². The second-order valence-corrected chi connectivity index (χ2v) is 4.84. The van der Waals surface area contributed by atoms with E-state index in [-0.39, 0.29) is 17.8 Å².